The van der Waals surface area contributed by atoms with Gasteiger partial charge in [0.05, 0.1) is 0 Å². The highest BCUT2D eigenvalue weighted by atomic mass is 16.6. The van der Waals surface area contributed by atoms with Gasteiger partial charge < -0.3 is 14.2 Å². The van der Waals surface area contributed by atoms with Crippen LogP contribution in [0.2, 0.25) is 0 Å². The van der Waals surface area contributed by atoms with Crippen LogP contribution in [0.15, 0.2) is 146 Å². The smallest absolute Gasteiger partial charge is 0.306 e. The lowest BCUT2D eigenvalue weighted by Crippen LogP contribution is -2.30. The predicted molar refractivity (Wildman–Crippen MR) is 352 cm³/mol. The van der Waals surface area contributed by atoms with Gasteiger partial charge in [-0.25, -0.2) is 0 Å². The number of carbonyl (C=O) groups is 3. The van der Waals surface area contributed by atoms with Crippen molar-refractivity contribution in [3.8, 4) is 0 Å². The second-order valence-electron chi connectivity index (χ2n) is 21.6. The molecule has 0 spiro atoms. The molecule has 0 heterocycles. The van der Waals surface area contributed by atoms with Crippen LogP contribution in [0, 0.1) is 0 Å². The van der Waals surface area contributed by atoms with Crippen molar-refractivity contribution in [3.05, 3.63) is 146 Å². The van der Waals surface area contributed by atoms with Crippen LogP contribution in [-0.2, 0) is 28.6 Å². The number of unbranched alkanes of at least 4 members (excludes halogenated alkanes) is 24. The maximum atomic E-state index is 12.9. The Hall–Kier alpha value is -4.71. The van der Waals surface area contributed by atoms with Crippen molar-refractivity contribution < 1.29 is 28.6 Å². The monoisotopic (exact) mass is 1120 g/mol. The molecule has 1 unspecified atom stereocenters. The van der Waals surface area contributed by atoms with E-state index in [9.17, 15) is 14.4 Å². The summed E-state index contributed by atoms with van der Waals surface area (Å²) in [4.78, 5) is 38.3. The lowest BCUT2D eigenvalue weighted by molar-refractivity contribution is -0.166. The van der Waals surface area contributed by atoms with Crippen molar-refractivity contribution in [2.75, 3.05) is 13.2 Å². The Bertz CT molecular complexity index is 1760. The van der Waals surface area contributed by atoms with E-state index in [1.807, 2.05) is 6.08 Å². The highest BCUT2D eigenvalue weighted by molar-refractivity contribution is 5.71. The Morgan fingerprint density at radius 3 is 0.840 bits per heavy atom. The van der Waals surface area contributed by atoms with Crippen molar-refractivity contribution in [1.82, 2.24) is 0 Å². The van der Waals surface area contributed by atoms with Gasteiger partial charge in [0.25, 0.3) is 0 Å². The minimum atomic E-state index is -0.816. The maximum absolute atomic E-state index is 12.9. The van der Waals surface area contributed by atoms with Gasteiger partial charge in [0.15, 0.2) is 6.10 Å². The van der Waals surface area contributed by atoms with Crippen LogP contribution in [-0.4, -0.2) is 37.2 Å². The van der Waals surface area contributed by atoms with E-state index in [0.29, 0.717) is 19.3 Å². The molecule has 0 saturated heterocycles. The molecule has 0 aromatic rings. The van der Waals surface area contributed by atoms with Crippen LogP contribution in [0.5, 0.6) is 0 Å². The molecule has 0 amide bonds. The van der Waals surface area contributed by atoms with E-state index in [1.54, 1.807) is 0 Å². The number of rotatable bonds is 59. The Morgan fingerprint density at radius 1 is 0.259 bits per heavy atom. The van der Waals surface area contributed by atoms with E-state index < -0.39 is 6.10 Å². The summed E-state index contributed by atoms with van der Waals surface area (Å²) in [5.41, 5.74) is 0. The highest BCUT2D eigenvalue weighted by Crippen LogP contribution is 2.15. The van der Waals surface area contributed by atoms with Crippen LogP contribution < -0.4 is 0 Å². The van der Waals surface area contributed by atoms with Gasteiger partial charge in [-0.15, -0.1) is 0 Å². The second kappa shape index (κ2) is 67.8. The molecule has 0 aliphatic carbocycles. The molecule has 0 N–H and O–H groups in total. The number of ether oxygens (including phenoxy) is 3. The quantitative estimate of drug-likeness (QED) is 0.0261. The molecule has 81 heavy (non-hydrogen) atoms. The minimum absolute atomic E-state index is 0.106. The molecule has 0 bridgehead atoms. The molecule has 0 rings (SSSR count). The summed E-state index contributed by atoms with van der Waals surface area (Å²) in [5.74, 6) is -0.996. The van der Waals surface area contributed by atoms with E-state index in [2.05, 4.69) is 161 Å². The summed E-state index contributed by atoms with van der Waals surface area (Å²) >= 11 is 0. The molecule has 0 aliphatic rings. The Labute approximate surface area is 499 Å². The van der Waals surface area contributed by atoms with Gasteiger partial charge in [-0.05, 0) is 128 Å². The van der Waals surface area contributed by atoms with E-state index in [0.717, 1.165) is 109 Å². The molecule has 0 fully saturated rings. The van der Waals surface area contributed by atoms with Crippen molar-refractivity contribution in [1.29, 1.82) is 0 Å². The number of carbonyl (C=O) groups excluding carboxylic acids is 3. The van der Waals surface area contributed by atoms with Gasteiger partial charge in [-0.3, -0.25) is 14.4 Å². The number of hydrogen-bond donors (Lipinski definition) is 0. The average Bonchev–Trinajstić information content (AvgIpc) is 3.46. The van der Waals surface area contributed by atoms with Gasteiger partial charge in [0.1, 0.15) is 13.2 Å². The van der Waals surface area contributed by atoms with Crippen LogP contribution in [0.25, 0.3) is 0 Å². The molecule has 458 valence electrons. The number of esters is 3. The molecular formula is C75H122O6. The standard InChI is InChI=1S/C75H122O6/c1-4-7-10-13-16-19-22-25-27-29-30-31-32-33-34-35-36-37-38-39-40-41-42-43-44-46-47-50-53-56-59-62-65-68-74(77)80-71-72(70-79-73(76)67-64-61-58-55-52-49-24-21-18-15-12-9-6-3)81-75(78)69-66-63-60-57-54-51-48-45-28-26-23-20-17-14-11-8-5-2/h7,9-10,12,16,18-19,21,25-28,30-31,33-34,36-37,39-40,49,52,58,61,72H,4-6,8,11,13-15,17,20,22-24,29,32,35,38,41-48,50-51,53-57,59-60,62-71H2,1-3H3/b10-7-,12-9-,19-16-,21-18-,27-25-,28-26-,31-30-,34-33-,37-36-,40-39-,52-49-,61-58-. The first-order valence-electron chi connectivity index (χ1n) is 33.3. The summed E-state index contributed by atoms with van der Waals surface area (Å²) in [6, 6.07) is 0. The first-order chi connectivity index (χ1) is 40.0. The average molecular weight is 1120 g/mol. The van der Waals surface area contributed by atoms with E-state index in [4.69, 9.17) is 14.2 Å². The first-order valence-corrected chi connectivity index (χ1v) is 33.3. The minimum Gasteiger partial charge on any atom is -0.462 e. The van der Waals surface area contributed by atoms with Gasteiger partial charge in [-0.1, -0.05) is 289 Å². The lowest BCUT2D eigenvalue weighted by atomic mass is 10.0. The summed E-state index contributed by atoms with van der Waals surface area (Å²) in [6.45, 7) is 6.34. The zero-order valence-corrected chi connectivity index (χ0v) is 52.5. The fourth-order valence-electron chi connectivity index (χ4n) is 8.90. The van der Waals surface area contributed by atoms with Gasteiger partial charge in [0.2, 0.25) is 0 Å². The zero-order chi connectivity index (χ0) is 58.5. The Balaban J connectivity index is 4.29. The van der Waals surface area contributed by atoms with Gasteiger partial charge in [0, 0.05) is 19.3 Å². The summed E-state index contributed by atoms with van der Waals surface area (Å²) in [6.07, 6.45) is 97.4. The van der Waals surface area contributed by atoms with Crippen molar-refractivity contribution in [2.45, 2.75) is 297 Å². The molecule has 1 atom stereocenters. The normalized spacial score (nSPS) is 13.1. The molecule has 6 heteroatoms. The summed E-state index contributed by atoms with van der Waals surface area (Å²) < 4.78 is 16.8. The predicted octanol–water partition coefficient (Wildman–Crippen LogP) is 23.1. The van der Waals surface area contributed by atoms with E-state index in [1.165, 1.54) is 135 Å². The lowest BCUT2D eigenvalue weighted by Gasteiger charge is -2.18. The van der Waals surface area contributed by atoms with Crippen molar-refractivity contribution >= 4 is 17.9 Å². The van der Waals surface area contributed by atoms with Gasteiger partial charge in [-0.2, -0.15) is 0 Å². The third kappa shape index (κ3) is 66.0. The topological polar surface area (TPSA) is 78.9 Å². The SMILES string of the molecule is CC/C=C\C/C=C\C/C=C\C/C=C\C/C=C\C/C=C\C/C=C\CCCCCCCCCCCCCC(=O)OCC(COC(=O)CC/C=C\C/C=C\C/C=C\C/C=C\CC)OC(=O)CCCCCCCCC/C=C\CCCCCCCC. The third-order valence-corrected chi connectivity index (χ3v) is 13.8. The second-order valence-corrected chi connectivity index (χ2v) is 21.6. The third-order valence-electron chi connectivity index (χ3n) is 13.8. The molecule has 6 nitrogen and oxygen atoms in total. The molecule has 0 aromatic carbocycles. The molecule has 0 aromatic heterocycles. The van der Waals surface area contributed by atoms with Crippen LogP contribution >= 0.6 is 0 Å². The molecule has 0 radical (unpaired) electrons. The zero-order valence-electron chi connectivity index (χ0n) is 52.5. The van der Waals surface area contributed by atoms with Gasteiger partial charge >= 0.3 is 17.9 Å². The van der Waals surface area contributed by atoms with Crippen molar-refractivity contribution in [2.24, 2.45) is 0 Å². The van der Waals surface area contributed by atoms with Crippen LogP contribution in [0.1, 0.15) is 290 Å². The maximum Gasteiger partial charge on any atom is 0.306 e. The van der Waals surface area contributed by atoms with E-state index >= 15 is 0 Å². The van der Waals surface area contributed by atoms with Crippen molar-refractivity contribution in [3.63, 3.8) is 0 Å². The summed E-state index contributed by atoms with van der Waals surface area (Å²) in [5, 5.41) is 0. The fraction of sp³-hybridized carbons (Fsp3) is 0.640. The Kier molecular flexibility index (Phi) is 63.9. The number of hydrogen-bond acceptors (Lipinski definition) is 6. The first kappa shape index (κ1) is 76.3. The summed E-state index contributed by atoms with van der Waals surface area (Å²) in [7, 11) is 0. The van der Waals surface area contributed by atoms with E-state index in [-0.39, 0.29) is 37.5 Å². The molecule has 0 saturated carbocycles. The van der Waals surface area contributed by atoms with Crippen LogP contribution in [0.4, 0.5) is 0 Å². The largest absolute Gasteiger partial charge is 0.462 e. The highest BCUT2D eigenvalue weighted by Gasteiger charge is 2.19. The molecule has 0 aliphatic heterocycles. The van der Waals surface area contributed by atoms with Crippen LogP contribution in [0.3, 0.4) is 0 Å². The Morgan fingerprint density at radius 2 is 0.506 bits per heavy atom. The fourth-order valence-corrected chi connectivity index (χ4v) is 8.90. The molecular weight excluding hydrogens is 997 g/mol. The number of allylic oxidation sites excluding steroid dienone is 24.